The van der Waals surface area contributed by atoms with Gasteiger partial charge in [-0.3, -0.25) is 0 Å². The maximum absolute atomic E-state index is 6.22. The molecule has 2 aromatic rings. The van der Waals surface area contributed by atoms with Crippen molar-refractivity contribution >= 4 is 23.1 Å². The molecule has 132 valence electrons. The first-order chi connectivity index (χ1) is 12.1. The second-order valence-corrected chi connectivity index (χ2v) is 6.89. The van der Waals surface area contributed by atoms with Gasteiger partial charge in [0.15, 0.2) is 0 Å². The molecular weight excluding hydrogens is 330 g/mol. The summed E-state index contributed by atoms with van der Waals surface area (Å²) in [4.78, 5) is 0. The lowest BCUT2D eigenvalue weighted by Gasteiger charge is -2.18. The Hall–Kier alpha value is -2.07. The minimum atomic E-state index is 0.374. The fourth-order valence-electron chi connectivity index (χ4n) is 3.10. The number of aryl methyl sites for hydroxylation is 2. The normalized spacial score (nSPS) is 13.4. The van der Waals surface area contributed by atoms with E-state index in [4.69, 9.17) is 21.7 Å². The Morgan fingerprint density at radius 1 is 1.24 bits per heavy atom. The number of methoxy groups -OCH3 is 1. The van der Waals surface area contributed by atoms with E-state index in [0.29, 0.717) is 17.7 Å². The van der Waals surface area contributed by atoms with E-state index < -0.39 is 0 Å². The third kappa shape index (κ3) is 4.31. The molecule has 0 radical (unpaired) electrons. The van der Waals surface area contributed by atoms with Crippen LogP contribution in [0.5, 0.6) is 5.75 Å². The number of benzene rings is 2. The molecule has 3 rings (SSSR count). The maximum atomic E-state index is 6.22. The third-order valence-electron chi connectivity index (χ3n) is 4.62. The summed E-state index contributed by atoms with van der Waals surface area (Å²) in [6.07, 6.45) is 3.45. The van der Waals surface area contributed by atoms with Gasteiger partial charge in [-0.25, -0.2) is 0 Å². The number of hydrogen-bond acceptors (Lipinski definition) is 3. The van der Waals surface area contributed by atoms with Crippen LogP contribution in [0.15, 0.2) is 36.4 Å². The van der Waals surface area contributed by atoms with E-state index in [-0.39, 0.29) is 0 Å². The molecule has 0 aromatic heterocycles. The van der Waals surface area contributed by atoms with Crippen LogP contribution in [-0.4, -0.2) is 12.3 Å². The first kappa shape index (κ1) is 17.7. The number of ether oxygens (including phenoxy) is 2. The van der Waals surface area contributed by atoms with E-state index in [9.17, 15) is 0 Å². The third-order valence-corrected chi connectivity index (χ3v) is 4.89. The first-order valence-electron chi connectivity index (χ1n) is 8.81. The minimum Gasteiger partial charge on any atom is -0.489 e. The summed E-state index contributed by atoms with van der Waals surface area (Å²) in [5, 5.41) is 3.56. The average Bonchev–Trinajstić information content (AvgIpc) is 3.46. The van der Waals surface area contributed by atoms with E-state index in [2.05, 4.69) is 49.5 Å². The molecule has 1 fully saturated rings. The van der Waals surface area contributed by atoms with Crippen LogP contribution < -0.4 is 10.1 Å². The lowest BCUT2D eigenvalue weighted by atomic mass is 10.0. The van der Waals surface area contributed by atoms with Crippen LogP contribution in [0.3, 0.4) is 0 Å². The Bertz CT molecular complexity index is 768. The molecule has 0 amide bonds. The molecule has 2 aromatic carbocycles. The van der Waals surface area contributed by atoms with Crippen LogP contribution in [-0.2, 0) is 17.8 Å². The van der Waals surface area contributed by atoms with E-state index >= 15 is 0 Å². The van der Waals surface area contributed by atoms with Gasteiger partial charge in [0, 0.05) is 11.3 Å². The summed E-state index contributed by atoms with van der Waals surface area (Å²) in [6, 6.07) is 12.7. The molecule has 4 heteroatoms. The van der Waals surface area contributed by atoms with Crippen molar-refractivity contribution in [3.63, 3.8) is 0 Å². The standard InChI is InChI=1S/C21H25NO2S/c1-4-15-12-14(2)8-11-20(15)24-13-18-17(16-9-10-16)6-5-7-19(18)22-21(25)23-3/h5-8,11-12,16H,4,9-10,13H2,1-3H3,(H,22,25). The second kappa shape index (κ2) is 7.87. The van der Waals surface area contributed by atoms with E-state index in [1.54, 1.807) is 7.11 Å². The molecule has 0 unspecified atom stereocenters. The van der Waals surface area contributed by atoms with Crippen molar-refractivity contribution in [2.75, 3.05) is 12.4 Å². The van der Waals surface area contributed by atoms with Crippen molar-refractivity contribution < 1.29 is 9.47 Å². The number of thiocarbonyl (C=S) groups is 1. The van der Waals surface area contributed by atoms with Crippen molar-refractivity contribution in [3.8, 4) is 5.75 Å². The van der Waals surface area contributed by atoms with E-state index in [0.717, 1.165) is 17.9 Å². The van der Waals surface area contributed by atoms with Gasteiger partial charge in [0.2, 0.25) is 0 Å². The molecule has 0 spiro atoms. The number of anilines is 1. The van der Waals surface area contributed by atoms with Crippen LogP contribution >= 0.6 is 12.2 Å². The van der Waals surface area contributed by atoms with Gasteiger partial charge in [0.25, 0.3) is 5.17 Å². The molecule has 0 heterocycles. The molecule has 1 aliphatic carbocycles. The highest BCUT2D eigenvalue weighted by Crippen LogP contribution is 2.43. The monoisotopic (exact) mass is 355 g/mol. The molecule has 1 N–H and O–H groups in total. The van der Waals surface area contributed by atoms with Crippen molar-refractivity contribution in [2.24, 2.45) is 0 Å². The van der Waals surface area contributed by atoms with Gasteiger partial charge >= 0.3 is 0 Å². The summed E-state index contributed by atoms with van der Waals surface area (Å²) in [5.74, 6) is 1.60. The van der Waals surface area contributed by atoms with Gasteiger partial charge in [-0.1, -0.05) is 36.8 Å². The molecule has 25 heavy (non-hydrogen) atoms. The molecule has 0 aliphatic heterocycles. The van der Waals surface area contributed by atoms with Crippen LogP contribution in [0.25, 0.3) is 0 Å². The summed E-state index contributed by atoms with van der Waals surface area (Å²) >= 11 is 5.18. The van der Waals surface area contributed by atoms with Gasteiger partial charge in [-0.15, -0.1) is 0 Å². The number of nitrogens with one attached hydrogen (secondary N) is 1. The molecular formula is C21H25NO2S. The van der Waals surface area contributed by atoms with Crippen LogP contribution in [0.2, 0.25) is 0 Å². The zero-order chi connectivity index (χ0) is 17.8. The fraction of sp³-hybridized carbons (Fsp3) is 0.381. The zero-order valence-corrected chi connectivity index (χ0v) is 15.9. The zero-order valence-electron chi connectivity index (χ0n) is 15.1. The van der Waals surface area contributed by atoms with Crippen LogP contribution in [0.4, 0.5) is 5.69 Å². The van der Waals surface area contributed by atoms with Gasteiger partial charge in [-0.05, 0) is 67.6 Å². The Morgan fingerprint density at radius 3 is 2.72 bits per heavy atom. The highest BCUT2D eigenvalue weighted by Gasteiger charge is 2.27. The smallest absolute Gasteiger partial charge is 0.260 e. The molecule has 0 atom stereocenters. The van der Waals surface area contributed by atoms with Gasteiger partial charge in [0.1, 0.15) is 12.4 Å². The Balaban J connectivity index is 1.86. The summed E-state index contributed by atoms with van der Waals surface area (Å²) < 4.78 is 11.3. The van der Waals surface area contributed by atoms with Gasteiger partial charge < -0.3 is 14.8 Å². The largest absolute Gasteiger partial charge is 0.489 e. The Morgan fingerprint density at radius 2 is 2.04 bits per heavy atom. The Labute approximate surface area is 155 Å². The fourth-order valence-corrected chi connectivity index (χ4v) is 3.21. The lowest BCUT2D eigenvalue weighted by Crippen LogP contribution is -2.14. The van der Waals surface area contributed by atoms with E-state index in [1.807, 2.05) is 6.07 Å². The van der Waals surface area contributed by atoms with Crippen molar-refractivity contribution in [2.45, 2.75) is 45.6 Å². The molecule has 3 nitrogen and oxygen atoms in total. The maximum Gasteiger partial charge on any atom is 0.260 e. The predicted octanol–water partition coefficient (Wildman–Crippen LogP) is 5.36. The molecule has 0 saturated heterocycles. The molecule has 1 aliphatic rings. The number of hydrogen-bond donors (Lipinski definition) is 1. The number of rotatable bonds is 6. The summed E-state index contributed by atoms with van der Waals surface area (Å²) in [7, 11) is 1.58. The first-order valence-corrected chi connectivity index (χ1v) is 9.22. The quantitative estimate of drug-likeness (QED) is 0.707. The highest BCUT2D eigenvalue weighted by atomic mass is 32.1. The van der Waals surface area contributed by atoms with Crippen LogP contribution in [0.1, 0.15) is 47.9 Å². The molecule has 0 bridgehead atoms. The topological polar surface area (TPSA) is 30.5 Å². The van der Waals surface area contributed by atoms with Crippen molar-refractivity contribution in [3.05, 3.63) is 58.7 Å². The Kier molecular flexibility index (Phi) is 5.59. The highest BCUT2D eigenvalue weighted by molar-refractivity contribution is 7.80. The molecule has 1 saturated carbocycles. The summed E-state index contributed by atoms with van der Waals surface area (Å²) in [5.41, 5.74) is 6.00. The van der Waals surface area contributed by atoms with Crippen molar-refractivity contribution in [1.29, 1.82) is 0 Å². The average molecular weight is 356 g/mol. The van der Waals surface area contributed by atoms with Gasteiger partial charge in [0.05, 0.1) is 7.11 Å². The lowest BCUT2D eigenvalue weighted by molar-refractivity contribution is 0.302. The van der Waals surface area contributed by atoms with Crippen LogP contribution in [0, 0.1) is 6.92 Å². The van der Waals surface area contributed by atoms with E-state index in [1.165, 1.54) is 35.1 Å². The minimum absolute atomic E-state index is 0.374. The van der Waals surface area contributed by atoms with Crippen molar-refractivity contribution in [1.82, 2.24) is 0 Å². The SMILES string of the molecule is CCc1cc(C)ccc1OCc1c(NC(=S)OC)cccc1C1CC1. The second-order valence-electron chi connectivity index (χ2n) is 6.52. The summed E-state index contributed by atoms with van der Waals surface area (Å²) in [6.45, 7) is 4.79. The predicted molar refractivity (Wildman–Crippen MR) is 107 cm³/mol. The van der Waals surface area contributed by atoms with Gasteiger partial charge in [-0.2, -0.15) is 0 Å².